The number of nitrogens with zero attached hydrogens (tertiary/aromatic N) is 1. The van der Waals surface area contributed by atoms with Crippen LogP contribution in [0.2, 0.25) is 0 Å². The molecule has 1 aliphatic carbocycles. The summed E-state index contributed by atoms with van der Waals surface area (Å²) in [6.07, 6.45) is 2.81. The van der Waals surface area contributed by atoms with Crippen LogP contribution in [0.5, 0.6) is 5.75 Å². The van der Waals surface area contributed by atoms with E-state index in [0.29, 0.717) is 12.2 Å². The number of hydrogen-bond donors (Lipinski definition) is 0. The van der Waals surface area contributed by atoms with Gasteiger partial charge >= 0.3 is 0 Å². The van der Waals surface area contributed by atoms with Gasteiger partial charge in [-0.15, -0.1) is 0 Å². The molecule has 1 atom stereocenters. The molecule has 0 saturated carbocycles. The number of ether oxygens (including phenoxy) is 1. The number of likely N-dealkylation sites (tertiary alicyclic amines) is 1. The lowest BCUT2D eigenvalue weighted by Gasteiger charge is -2.17. The quantitative estimate of drug-likeness (QED) is 0.814. The summed E-state index contributed by atoms with van der Waals surface area (Å²) in [5, 5.41) is 0. The van der Waals surface area contributed by atoms with Crippen molar-refractivity contribution in [3.05, 3.63) is 29.3 Å². The first-order valence-electron chi connectivity index (χ1n) is 6.73. The van der Waals surface area contributed by atoms with Crippen LogP contribution in [0.3, 0.4) is 0 Å². The summed E-state index contributed by atoms with van der Waals surface area (Å²) in [4.78, 5) is 25.2. The van der Waals surface area contributed by atoms with Crippen molar-refractivity contribution in [3.8, 4) is 5.75 Å². The number of carbonyl (C=O) groups is 2. The van der Waals surface area contributed by atoms with Crippen molar-refractivity contribution >= 4 is 11.7 Å². The zero-order valence-electron chi connectivity index (χ0n) is 11.0. The number of benzene rings is 1. The Labute approximate surface area is 112 Å². The number of likely N-dealkylation sites (N-methyl/N-ethyl adjacent to an activating group) is 1. The fourth-order valence-electron chi connectivity index (χ4n) is 2.76. The predicted octanol–water partition coefficient (Wildman–Crippen LogP) is 1.82. The lowest BCUT2D eigenvalue weighted by atomic mass is 9.90. The zero-order chi connectivity index (χ0) is 13.4. The molecule has 3 rings (SSSR count). The molecular formula is C15H17NO3. The number of carbonyl (C=O) groups excluding carboxylic acids is 2. The number of fused-ring (bicyclic) bond motifs is 1. The standard InChI is InChI=1S/C15H17NO3/c1-16-8-7-14(15(16)18)19-11-5-6-12-10(9-11)3-2-4-13(12)17/h5-6,9,14H,2-4,7-8H2,1H3. The van der Waals surface area contributed by atoms with E-state index >= 15 is 0 Å². The minimum atomic E-state index is -0.373. The van der Waals surface area contributed by atoms with Crippen LogP contribution in [0, 0.1) is 0 Å². The van der Waals surface area contributed by atoms with Gasteiger partial charge in [-0.2, -0.15) is 0 Å². The molecular weight excluding hydrogens is 242 g/mol. The van der Waals surface area contributed by atoms with Gasteiger partial charge in [0.1, 0.15) is 5.75 Å². The molecule has 2 aliphatic rings. The summed E-state index contributed by atoms with van der Waals surface area (Å²) in [5.74, 6) is 0.945. The van der Waals surface area contributed by atoms with Crippen LogP contribution in [0.25, 0.3) is 0 Å². The Morgan fingerprint density at radius 1 is 1.26 bits per heavy atom. The molecule has 1 saturated heterocycles. The van der Waals surface area contributed by atoms with Crippen LogP contribution in [0.4, 0.5) is 0 Å². The molecule has 1 aliphatic heterocycles. The molecule has 1 amide bonds. The van der Waals surface area contributed by atoms with E-state index in [2.05, 4.69) is 0 Å². The molecule has 0 N–H and O–H groups in total. The highest BCUT2D eigenvalue weighted by molar-refractivity contribution is 5.98. The van der Waals surface area contributed by atoms with Gasteiger partial charge < -0.3 is 9.64 Å². The molecule has 1 aromatic carbocycles. The van der Waals surface area contributed by atoms with Crippen LogP contribution in [0.1, 0.15) is 35.2 Å². The molecule has 100 valence electrons. The van der Waals surface area contributed by atoms with E-state index in [0.717, 1.165) is 36.9 Å². The van der Waals surface area contributed by atoms with Gasteiger partial charge in [-0.25, -0.2) is 0 Å². The van der Waals surface area contributed by atoms with Gasteiger partial charge in [0.15, 0.2) is 11.9 Å². The normalized spacial score (nSPS) is 22.6. The smallest absolute Gasteiger partial charge is 0.263 e. The Bertz CT molecular complexity index is 538. The Morgan fingerprint density at radius 3 is 2.84 bits per heavy atom. The number of hydrogen-bond acceptors (Lipinski definition) is 3. The largest absolute Gasteiger partial charge is 0.481 e. The first-order valence-corrected chi connectivity index (χ1v) is 6.73. The van der Waals surface area contributed by atoms with Gasteiger partial charge in [-0.05, 0) is 36.6 Å². The van der Waals surface area contributed by atoms with Gasteiger partial charge in [0, 0.05) is 32.0 Å². The molecule has 1 heterocycles. The van der Waals surface area contributed by atoms with Crippen molar-refractivity contribution in [2.75, 3.05) is 13.6 Å². The first kappa shape index (κ1) is 12.2. The van der Waals surface area contributed by atoms with Crippen LogP contribution in [-0.2, 0) is 11.2 Å². The molecule has 1 aromatic rings. The van der Waals surface area contributed by atoms with E-state index in [1.807, 2.05) is 12.1 Å². The zero-order valence-corrected chi connectivity index (χ0v) is 11.0. The third-order valence-electron chi connectivity index (χ3n) is 3.88. The summed E-state index contributed by atoms with van der Waals surface area (Å²) < 4.78 is 5.76. The average molecular weight is 259 g/mol. The van der Waals surface area contributed by atoms with Crippen molar-refractivity contribution in [1.29, 1.82) is 0 Å². The van der Waals surface area contributed by atoms with E-state index in [1.165, 1.54) is 0 Å². The number of rotatable bonds is 2. The lowest BCUT2D eigenvalue weighted by molar-refractivity contribution is -0.132. The lowest BCUT2D eigenvalue weighted by Crippen LogP contribution is -2.29. The monoisotopic (exact) mass is 259 g/mol. The highest BCUT2D eigenvalue weighted by Gasteiger charge is 2.31. The van der Waals surface area contributed by atoms with Gasteiger partial charge in [0.05, 0.1) is 0 Å². The summed E-state index contributed by atoms with van der Waals surface area (Å²) in [7, 11) is 1.79. The van der Waals surface area contributed by atoms with Crippen LogP contribution in [0.15, 0.2) is 18.2 Å². The Balaban J connectivity index is 1.79. The number of amides is 1. The van der Waals surface area contributed by atoms with Crippen molar-refractivity contribution < 1.29 is 14.3 Å². The SMILES string of the molecule is CN1CCC(Oc2ccc3c(c2)CCCC3=O)C1=O. The van der Waals surface area contributed by atoms with E-state index < -0.39 is 0 Å². The second-order valence-electron chi connectivity index (χ2n) is 5.25. The Kier molecular flexibility index (Phi) is 3.01. The molecule has 0 aromatic heterocycles. The highest BCUT2D eigenvalue weighted by Crippen LogP contribution is 2.27. The van der Waals surface area contributed by atoms with Crippen molar-refractivity contribution in [2.45, 2.75) is 31.8 Å². The minimum Gasteiger partial charge on any atom is -0.481 e. The van der Waals surface area contributed by atoms with E-state index in [-0.39, 0.29) is 17.8 Å². The fraction of sp³-hybridized carbons (Fsp3) is 0.467. The highest BCUT2D eigenvalue weighted by atomic mass is 16.5. The Hall–Kier alpha value is -1.84. The molecule has 0 radical (unpaired) electrons. The molecule has 19 heavy (non-hydrogen) atoms. The molecule has 4 nitrogen and oxygen atoms in total. The van der Waals surface area contributed by atoms with Crippen LogP contribution < -0.4 is 4.74 Å². The van der Waals surface area contributed by atoms with Gasteiger partial charge in [0.25, 0.3) is 5.91 Å². The maximum atomic E-state index is 11.8. The summed E-state index contributed by atoms with van der Waals surface area (Å²) in [6.45, 7) is 0.743. The third kappa shape index (κ3) is 2.23. The van der Waals surface area contributed by atoms with Gasteiger partial charge in [-0.1, -0.05) is 0 Å². The van der Waals surface area contributed by atoms with E-state index in [9.17, 15) is 9.59 Å². The molecule has 1 unspecified atom stereocenters. The first-order chi connectivity index (χ1) is 9.15. The van der Waals surface area contributed by atoms with Crippen LogP contribution >= 0.6 is 0 Å². The van der Waals surface area contributed by atoms with E-state index in [1.54, 1.807) is 18.0 Å². The van der Waals surface area contributed by atoms with Gasteiger partial charge in [-0.3, -0.25) is 9.59 Å². The topological polar surface area (TPSA) is 46.6 Å². The summed E-state index contributed by atoms with van der Waals surface area (Å²) in [6, 6.07) is 5.54. The van der Waals surface area contributed by atoms with E-state index in [4.69, 9.17) is 4.74 Å². The molecule has 1 fully saturated rings. The maximum absolute atomic E-state index is 11.8. The average Bonchev–Trinajstić information content (AvgIpc) is 2.71. The van der Waals surface area contributed by atoms with Crippen molar-refractivity contribution in [1.82, 2.24) is 4.90 Å². The predicted molar refractivity (Wildman–Crippen MR) is 70.4 cm³/mol. The van der Waals surface area contributed by atoms with Crippen molar-refractivity contribution in [3.63, 3.8) is 0 Å². The third-order valence-corrected chi connectivity index (χ3v) is 3.88. The van der Waals surface area contributed by atoms with Crippen molar-refractivity contribution in [2.24, 2.45) is 0 Å². The Morgan fingerprint density at radius 2 is 2.11 bits per heavy atom. The second-order valence-corrected chi connectivity index (χ2v) is 5.25. The summed E-state index contributed by atoms with van der Waals surface area (Å²) in [5.41, 5.74) is 1.86. The summed E-state index contributed by atoms with van der Waals surface area (Å²) >= 11 is 0. The molecule has 4 heteroatoms. The maximum Gasteiger partial charge on any atom is 0.263 e. The number of Topliss-reactive ketones (excluding diaryl/α,β-unsaturated/α-hetero) is 1. The molecule has 0 bridgehead atoms. The molecule has 0 spiro atoms. The second kappa shape index (κ2) is 4.68. The number of ketones is 1. The van der Waals surface area contributed by atoms with Crippen LogP contribution in [-0.4, -0.2) is 36.3 Å². The van der Waals surface area contributed by atoms with Gasteiger partial charge in [0.2, 0.25) is 0 Å². The fourth-order valence-corrected chi connectivity index (χ4v) is 2.76. The minimum absolute atomic E-state index is 0.0359. The number of aryl methyl sites for hydroxylation is 1.